The van der Waals surface area contributed by atoms with Crippen molar-refractivity contribution in [1.29, 1.82) is 0 Å². The Balaban J connectivity index is 0.00000264. The van der Waals surface area contributed by atoms with Crippen LogP contribution in [0.2, 0.25) is 0 Å². The van der Waals surface area contributed by atoms with Gasteiger partial charge in [0.2, 0.25) is 0 Å². The van der Waals surface area contributed by atoms with Crippen LogP contribution in [0.5, 0.6) is 0 Å². The quantitative estimate of drug-likeness (QED) is 0.668. The summed E-state index contributed by atoms with van der Waals surface area (Å²) in [4.78, 5) is 0. The van der Waals surface area contributed by atoms with Gasteiger partial charge < -0.3 is 6.16 Å². The van der Waals surface area contributed by atoms with E-state index < -0.39 is 9.84 Å². The number of hydrogen-bond donors (Lipinski definition) is 0. The van der Waals surface area contributed by atoms with Crippen LogP contribution in [-0.2, 0) is 21.1 Å². The summed E-state index contributed by atoms with van der Waals surface area (Å²) < 4.78 is 30.9. The van der Waals surface area contributed by atoms with Crippen molar-refractivity contribution in [3.05, 3.63) is 18.0 Å². The van der Waals surface area contributed by atoms with Crippen molar-refractivity contribution in [3.8, 4) is 0 Å². The number of ether oxygens (including phenoxy) is 1. The molecular weight excluding hydrogens is 323 g/mol. The van der Waals surface area contributed by atoms with Gasteiger partial charge in [0, 0.05) is 18.1 Å². The van der Waals surface area contributed by atoms with Gasteiger partial charge in [0.25, 0.3) is 0 Å². The molecule has 0 spiro atoms. The molecule has 0 aromatic carbocycles. The molecule has 23 heavy (non-hydrogen) atoms. The molecule has 5 nitrogen and oxygen atoms in total. The summed E-state index contributed by atoms with van der Waals surface area (Å²) in [5, 5.41) is 4.38. The third-order valence-electron chi connectivity index (χ3n) is 4.49. The van der Waals surface area contributed by atoms with Crippen LogP contribution < -0.4 is 29.6 Å². The molecule has 0 unspecified atom stereocenters. The van der Waals surface area contributed by atoms with Crippen LogP contribution in [0.3, 0.4) is 0 Å². The molecule has 0 atom stereocenters. The van der Waals surface area contributed by atoms with E-state index in [1.54, 1.807) is 0 Å². The van der Waals surface area contributed by atoms with E-state index in [-0.39, 0.29) is 48.9 Å². The molecule has 0 amide bonds. The number of sulfone groups is 1. The monoisotopic (exact) mass is 352 g/mol. The van der Waals surface area contributed by atoms with E-state index in [1.165, 1.54) is 25.5 Å². The average Bonchev–Trinajstić information content (AvgIpc) is 2.78. The first kappa shape index (κ1) is 21.2. The van der Waals surface area contributed by atoms with E-state index >= 15 is 0 Å². The molecule has 7 heteroatoms. The Hall–Kier alpha value is 0.120. The fourth-order valence-electron chi connectivity index (χ4n) is 3.14. The number of aryl methyl sites for hydroxylation is 1. The third kappa shape index (κ3) is 7.26. The minimum absolute atomic E-state index is 0. The molecule has 0 N–H and O–H groups in total. The second kappa shape index (κ2) is 9.56. The zero-order valence-electron chi connectivity index (χ0n) is 15.8. The Morgan fingerprint density at radius 1 is 1.26 bits per heavy atom. The summed E-state index contributed by atoms with van der Waals surface area (Å²) >= 11 is 0. The predicted molar refractivity (Wildman–Crippen MR) is 88.8 cm³/mol. The fraction of sp³-hybridized carbons (Fsp3) is 0.812. The maximum atomic E-state index is 11.4. The smallest absolute Gasteiger partial charge is 1.00 e. The minimum atomic E-state index is -2.99. The van der Waals surface area contributed by atoms with E-state index in [1.807, 2.05) is 23.9 Å². The average molecular weight is 352 g/mol. The number of nitrogens with zero attached hydrogens (tertiary/aromatic N) is 2. The topological polar surface area (TPSA) is 61.2 Å². The van der Waals surface area contributed by atoms with Gasteiger partial charge in [-0.15, -0.1) is 0 Å². The maximum absolute atomic E-state index is 11.4. The summed E-state index contributed by atoms with van der Waals surface area (Å²) in [6.45, 7) is 3.04. The number of hydrogen-bond acceptors (Lipinski definition) is 4. The van der Waals surface area contributed by atoms with Crippen molar-refractivity contribution in [2.75, 3.05) is 18.6 Å². The Kier molecular flexibility index (Phi) is 8.80. The molecule has 0 radical (unpaired) electrons. The van der Waals surface area contributed by atoms with Crippen LogP contribution in [-0.4, -0.2) is 42.4 Å². The summed E-state index contributed by atoms with van der Waals surface area (Å²) in [6, 6.07) is 1.99. The van der Waals surface area contributed by atoms with Gasteiger partial charge in [0.1, 0.15) is 9.84 Å². The molecule has 2 rings (SSSR count). The van der Waals surface area contributed by atoms with Crippen LogP contribution in [0.4, 0.5) is 0 Å². The molecule has 1 aliphatic carbocycles. The molecule has 1 fully saturated rings. The molecule has 0 bridgehead atoms. The van der Waals surface area contributed by atoms with Crippen molar-refractivity contribution in [2.24, 2.45) is 0 Å². The van der Waals surface area contributed by atoms with Gasteiger partial charge in [-0.05, 0) is 25.8 Å². The predicted octanol–water partition coefficient (Wildman–Crippen LogP) is -0.148. The Morgan fingerprint density at radius 2 is 1.87 bits per heavy atom. The standard InChI is InChI=1S/C16H28N2O3S.Na.H/c1-15-8-11-17-18(15)14-16(21-12-13-22(2,19)20)9-6-4-3-5-7-10-16;;/h8,11H,3-7,9-10,12-14H2,1-2H3;;/q;+1;-1. The summed E-state index contributed by atoms with van der Waals surface area (Å²) in [7, 11) is -2.99. The Labute approximate surface area is 163 Å². The second-order valence-electron chi connectivity index (χ2n) is 6.56. The third-order valence-corrected chi connectivity index (χ3v) is 5.40. The summed E-state index contributed by atoms with van der Waals surface area (Å²) in [5.41, 5.74) is 0.843. The van der Waals surface area contributed by atoms with Crippen molar-refractivity contribution in [3.63, 3.8) is 0 Å². The zero-order chi connectivity index (χ0) is 16.1. The van der Waals surface area contributed by atoms with Crippen LogP contribution >= 0.6 is 0 Å². The van der Waals surface area contributed by atoms with Crippen LogP contribution in [0.1, 0.15) is 52.1 Å². The zero-order valence-corrected chi connectivity index (χ0v) is 17.6. The van der Waals surface area contributed by atoms with Crippen molar-refractivity contribution >= 4 is 9.84 Å². The van der Waals surface area contributed by atoms with Crippen molar-refractivity contribution in [1.82, 2.24) is 9.78 Å². The molecule has 1 aromatic heterocycles. The van der Waals surface area contributed by atoms with Crippen LogP contribution in [0, 0.1) is 6.92 Å². The van der Waals surface area contributed by atoms with E-state index in [0.717, 1.165) is 37.9 Å². The fourth-order valence-corrected chi connectivity index (χ4v) is 3.53. The van der Waals surface area contributed by atoms with E-state index in [9.17, 15) is 8.42 Å². The number of rotatable bonds is 6. The Bertz CT molecular complexity index is 570. The van der Waals surface area contributed by atoms with Gasteiger partial charge in [-0.1, -0.05) is 32.1 Å². The number of aromatic nitrogens is 2. The van der Waals surface area contributed by atoms with Crippen molar-refractivity contribution < 1.29 is 44.1 Å². The van der Waals surface area contributed by atoms with Gasteiger partial charge >= 0.3 is 29.6 Å². The first-order valence-corrected chi connectivity index (χ1v) is 10.3. The molecule has 1 aliphatic rings. The SMILES string of the molecule is Cc1ccnn1CC1(OCCS(C)(=O)=O)CCCCCCC1.[H-].[Na+]. The van der Waals surface area contributed by atoms with Gasteiger partial charge in [-0.2, -0.15) is 5.10 Å². The first-order chi connectivity index (χ1) is 10.4. The minimum Gasteiger partial charge on any atom is -1.00 e. The van der Waals surface area contributed by atoms with Gasteiger partial charge in [0.15, 0.2) is 0 Å². The molecule has 1 saturated carbocycles. The molecule has 1 heterocycles. The Morgan fingerprint density at radius 3 is 2.39 bits per heavy atom. The van der Waals surface area contributed by atoms with Crippen LogP contribution in [0.25, 0.3) is 0 Å². The second-order valence-corrected chi connectivity index (χ2v) is 8.82. The first-order valence-electron chi connectivity index (χ1n) is 8.20. The van der Waals surface area contributed by atoms with Crippen LogP contribution in [0.15, 0.2) is 12.3 Å². The summed E-state index contributed by atoms with van der Waals surface area (Å²) in [5.74, 6) is 0.0901. The van der Waals surface area contributed by atoms with Gasteiger partial charge in [-0.25, -0.2) is 8.42 Å². The van der Waals surface area contributed by atoms with Gasteiger partial charge in [0.05, 0.1) is 24.5 Å². The molecule has 0 saturated heterocycles. The van der Waals surface area contributed by atoms with Gasteiger partial charge in [-0.3, -0.25) is 4.68 Å². The normalized spacial score (nSPS) is 18.7. The summed E-state index contributed by atoms with van der Waals surface area (Å²) in [6.07, 6.45) is 11.1. The van der Waals surface area contributed by atoms with Crippen molar-refractivity contribution in [2.45, 2.75) is 64.0 Å². The van der Waals surface area contributed by atoms with E-state index in [4.69, 9.17) is 4.74 Å². The van der Waals surface area contributed by atoms with E-state index in [2.05, 4.69) is 5.10 Å². The maximum Gasteiger partial charge on any atom is 1.00 e. The molecule has 0 aliphatic heterocycles. The molecule has 1 aromatic rings. The van der Waals surface area contributed by atoms with E-state index in [0.29, 0.717) is 0 Å². The molecule has 128 valence electrons. The largest absolute Gasteiger partial charge is 1.00 e. The molecular formula is C16H29N2NaO3S.